The van der Waals surface area contributed by atoms with Crippen LogP contribution in [-0.2, 0) is 14.6 Å². The second-order valence-corrected chi connectivity index (χ2v) is 6.99. The summed E-state index contributed by atoms with van der Waals surface area (Å²) in [4.78, 5) is 0. The molecule has 0 saturated heterocycles. The molecule has 5 heteroatoms. The molecule has 0 aromatic carbocycles. The predicted octanol–water partition coefficient (Wildman–Crippen LogP) is 1.24. The maximum absolute atomic E-state index is 11.5. The summed E-state index contributed by atoms with van der Waals surface area (Å²) in [5.41, 5.74) is -0.185. The number of nitrogens with one attached hydrogen (secondary N) is 1. The third-order valence-corrected chi connectivity index (χ3v) is 4.63. The van der Waals surface area contributed by atoms with Crippen molar-refractivity contribution in [3.63, 3.8) is 0 Å². The van der Waals surface area contributed by atoms with Crippen LogP contribution in [0.2, 0.25) is 0 Å². The maximum Gasteiger partial charge on any atom is 0.150 e. The van der Waals surface area contributed by atoms with Crippen molar-refractivity contribution in [3.05, 3.63) is 12.7 Å². The lowest BCUT2D eigenvalue weighted by Gasteiger charge is -2.26. The first kappa shape index (κ1) is 16.6. The Bertz CT molecular complexity index is 314. The minimum atomic E-state index is -2.90. The molecule has 0 aliphatic heterocycles. The topological polar surface area (TPSA) is 55.4 Å². The van der Waals surface area contributed by atoms with Gasteiger partial charge in [0.15, 0.2) is 0 Å². The number of ether oxygens (including phenoxy) is 1. The summed E-state index contributed by atoms with van der Waals surface area (Å²) in [5.74, 6) is 0.426. The van der Waals surface area contributed by atoms with Gasteiger partial charge in [0.05, 0.1) is 12.4 Å². The van der Waals surface area contributed by atoms with Gasteiger partial charge in [-0.15, -0.1) is 6.58 Å². The Morgan fingerprint density at radius 3 is 2.59 bits per heavy atom. The van der Waals surface area contributed by atoms with Gasteiger partial charge in [-0.2, -0.15) is 0 Å². The van der Waals surface area contributed by atoms with Gasteiger partial charge in [0.2, 0.25) is 0 Å². The third kappa shape index (κ3) is 7.52. The van der Waals surface area contributed by atoms with Gasteiger partial charge in [0.25, 0.3) is 0 Å². The molecule has 17 heavy (non-hydrogen) atoms. The summed E-state index contributed by atoms with van der Waals surface area (Å²) < 4.78 is 27.9. The number of sulfone groups is 1. The Balaban J connectivity index is 4.14. The number of rotatable bonds is 10. The molecule has 0 aromatic heterocycles. The standard InChI is InChI=1S/C12H25NO3S/c1-5-12(3,11-13-8-9-16-4)7-10-17(14,15)6-2/h5,13H,1,6-11H2,2-4H3. The van der Waals surface area contributed by atoms with Crippen molar-refractivity contribution in [3.8, 4) is 0 Å². The van der Waals surface area contributed by atoms with Gasteiger partial charge in [-0.1, -0.05) is 19.9 Å². The van der Waals surface area contributed by atoms with Gasteiger partial charge in [0, 0.05) is 26.0 Å². The lowest BCUT2D eigenvalue weighted by molar-refractivity contribution is 0.195. The first-order valence-electron chi connectivity index (χ1n) is 5.93. The molecule has 0 aromatic rings. The largest absolute Gasteiger partial charge is 0.383 e. The van der Waals surface area contributed by atoms with Crippen molar-refractivity contribution in [2.45, 2.75) is 20.3 Å². The normalized spacial score (nSPS) is 15.5. The summed E-state index contributed by atoms with van der Waals surface area (Å²) in [6, 6.07) is 0. The van der Waals surface area contributed by atoms with Gasteiger partial charge in [-0.05, 0) is 11.8 Å². The predicted molar refractivity (Wildman–Crippen MR) is 72.0 cm³/mol. The number of hydrogen-bond acceptors (Lipinski definition) is 4. The monoisotopic (exact) mass is 263 g/mol. The van der Waals surface area contributed by atoms with Crippen LogP contribution < -0.4 is 5.32 Å². The van der Waals surface area contributed by atoms with E-state index < -0.39 is 9.84 Å². The van der Waals surface area contributed by atoms with Crippen molar-refractivity contribution in [2.24, 2.45) is 5.41 Å². The molecule has 1 unspecified atom stereocenters. The van der Waals surface area contributed by atoms with Gasteiger partial charge in [0.1, 0.15) is 9.84 Å². The van der Waals surface area contributed by atoms with Gasteiger partial charge in [-0.25, -0.2) is 8.42 Å². The van der Waals surface area contributed by atoms with E-state index >= 15 is 0 Å². The van der Waals surface area contributed by atoms with Crippen molar-refractivity contribution in [2.75, 3.05) is 38.3 Å². The minimum Gasteiger partial charge on any atom is -0.383 e. The summed E-state index contributed by atoms with van der Waals surface area (Å²) >= 11 is 0. The second kappa shape index (κ2) is 7.84. The Kier molecular flexibility index (Phi) is 7.66. The quantitative estimate of drug-likeness (QED) is 0.476. The van der Waals surface area contributed by atoms with E-state index in [-0.39, 0.29) is 16.9 Å². The van der Waals surface area contributed by atoms with Crippen LogP contribution in [0.1, 0.15) is 20.3 Å². The first-order chi connectivity index (χ1) is 7.89. The average molecular weight is 263 g/mol. The van der Waals surface area contributed by atoms with Crippen LogP contribution >= 0.6 is 0 Å². The molecule has 0 aliphatic carbocycles. The summed E-state index contributed by atoms with van der Waals surface area (Å²) in [5, 5.41) is 3.24. The van der Waals surface area contributed by atoms with Crippen molar-refractivity contribution >= 4 is 9.84 Å². The third-order valence-electron chi connectivity index (χ3n) is 2.93. The first-order valence-corrected chi connectivity index (χ1v) is 7.75. The van der Waals surface area contributed by atoms with E-state index in [0.717, 1.165) is 13.1 Å². The molecule has 0 fully saturated rings. The molecule has 1 atom stereocenters. The molecule has 0 bridgehead atoms. The Labute approximate surface area is 105 Å². The van der Waals surface area contributed by atoms with E-state index in [0.29, 0.717) is 13.0 Å². The van der Waals surface area contributed by atoms with Crippen LogP contribution in [0.3, 0.4) is 0 Å². The van der Waals surface area contributed by atoms with Gasteiger partial charge < -0.3 is 10.1 Å². The van der Waals surface area contributed by atoms with Crippen LogP contribution in [0.5, 0.6) is 0 Å². The summed E-state index contributed by atoms with van der Waals surface area (Å²) in [7, 11) is -1.24. The second-order valence-electron chi connectivity index (χ2n) is 4.51. The zero-order chi connectivity index (χ0) is 13.4. The van der Waals surface area contributed by atoms with E-state index in [1.165, 1.54) is 0 Å². The highest BCUT2D eigenvalue weighted by Crippen LogP contribution is 2.22. The van der Waals surface area contributed by atoms with E-state index in [1.807, 2.05) is 13.0 Å². The molecule has 4 nitrogen and oxygen atoms in total. The zero-order valence-corrected chi connectivity index (χ0v) is 12.0. The van der Waals surface area contributed by atoms with Crippen LogP contribution in [0, 0.1) is 5.41 Å². The van der Waals surface area contributed by atoms with Crippen molar-refractivity contribution < 1.29 is 13.2 Å². The fourth-order valence-corrected chi connectivity index (χ4v) is 2.41. The molecule has 0 saturated carbocycles. The minimum absolute atomic E-state index is 0.185. The Morgan fingerprint density at radius 1 is 1.47 bits per heavy atom. The van der Waals surface area contributed by atoms with Crippen LogP contribution in [0.25, 0.3) is 0 Å². The molecule has 0 aliphatic rings. The highest BCUT2D eigenvalue weighted by Gasteiger charge is 2.22. The van der Waals surface area contributed by atoms with Crippen LogP contribution in [-0.4, -0.2) is 46.7 Å². The SMILES string of the molecule is C=CC(C)(CCS(=O)(=O)CC)CNCCOC. The van der Waals surface area contributed by atoms with Crippen molar-refractivity contribution in [1.29, 1.82) is 0 Å². The zero-order valence-electron chi connectivity index (χ0n) is 11.2. The van der Waals surface area contributed by atoms with Crippen LogP contribution in [0.15, 0.2) is 12.7 Å². The molecular formula is C12H25NO3S. The molecule has 1 N–H and O–H groups in total. The summed E-state index contributed by atoms with van der Waals surface area (Å²) in [6.45, 7) is 9.63. The Hall–Kier alpha value is -0.390. The van der Waals surface area contributed by atoms with Crippen LogP contribution in [0.4, 0.5) is 0 Å². The molecule has 0 heterocycles. The highest BCUT2D eigenvalue weighted by atomic mass is 32.2. The lowest BCUT2D eigenvalue weighted by Crippen LogP contribution is -2.33. The fourth-order valence-electron chi connectivity index (χ4n) is 1.34. The number of methoxy groups -OCH3 is 1. The van der Waals surface area contributed by atoms with Crippen molar-refractivity contribution in [1.82, 2.24) is 5.32 Å². The molecule has 102 valence electrons. The Morgan fingerprint density at radius 2 is 2.12 bits per heavy atom. The lowest BCUT2D eigenvalue weighted by atomic mass is 9.88. The molecule has 0 radical (unpaired) electrons. The molecule has 0 amide bonds. The van der Waals surface area contributed by atoms with Gasteiger partial charge >= 0.3 is 0 Å². The van der Waals surface area contributed by atoms with E-state index in [9.17, 15) is 8.42 Å². The molecule has 0 spiro atoms. The average Bonchev–Trinajstić information content (AvgIpc) is 2.32. The number of hydrogen-bond donors (Lipinski definition) is 1. The molecule has 0 rings (SSSR count). The van der Waals surface area contributed by atoms with E-state index in [1.54, 1.807) is 14.0 Å². The maximum atomic E-state index is 11.5. The van der Waals surface area contributed by atoms with E-state index in [4.69, 9.17) is 4.74 Å². The smallest absolute Gasteiger partial charge is 0.150 e. The van der Waals surface area contributed by atoms with Gasteiger partial charge in [-0.3, -0.25) is 0 Å². The fraction of sp³-hybridized carbons (Fsp3) is 0.833. The van der Waals surface area contributed by atoms with E-state index in [2.05, 4.69) is 11.9 Å². The molecular weight excluding hydrogens is 238 g/mol. The summed E-state index contributed by atoms with van der Waals surface area (Å²) in [6.07, 6.45) is 2.44. The highest BCUT2D eigenvalue weighted by molar-refractivity contribution is 7.91.